The normalized spacial score (nSPS) is 15.2. The van der Waals surface area contributed by atoms with E-state index >= 15 is 0 Å². The zero-order valence-corrected chi connectivity index (χ0v) is 8.52. The molecule has 0 spiro atoms. The molecule has 0 aromatic rings. The summed E-state index contributed by atoms with van der Waals surface area (Å²) in [6, 6.07) is 0. The summed E-state index contributed by atoms with van der Waals surface area (Å²) in [4.78, 5) is 0. The van der Waals surface area contributed by atoms with Crippen molar-refractivity contribution < 1.29 is 13.6 Å². The molecular weight excluding hydrogens is 169 g/mol. The van der Waals surface area contributed by atoms with Crippen molar-refractivity contribution in [1.82, 2.24) is 0 Å². The predicted molar refractivity (Wildman–Crippen MR) is 46.8 cm³/mol. The molecule has 0 aliphatic carbocycles. The van der Waals surface area contributed by atoms with Gasteiger partial charge in [-0.1, -0.05) is 12.2 Å². The third kappa shape index (κ3) is 8.50. The fourth-order valence-electron chi connectivity index (χ4n) is 0.407. The molecular formula is C5H15NO2PS+. The van der Waals surface area contributed by atoms with Crippen LogP contribution in [0.4, 0.5) is 0 Å². The molecule has 5 heteroatoms. The van der Waals surface area contributed by atoms with Crippen LogP contribution in [-0.4, -0.2) is 38.8 Å². The van der Waals surface area contributed by atoms with Gasteiger partial charge in [0.2, 0.25) is 7.23 Å². The molecule has 0 bridgehead atoms. The van der Waals surface area contributed by atoms with E-state index in [0.29, 0.717) is 6.61 Å². The SMILES string of the molecule is C[N+](C)(C)CCO[PH](=O)S. The summed E-state index contributed by atoms with van der Waals surface area (Å²) in [5.41, 5.74) is 0. The Morgan fingerprint density at radius 3 is 2.30 bits per heavy atom. The van der Waals surface area contributed by atoms with E-state index in [2.05, 4.69) is 33.4 Å². The molecule has 0 aliphatic heterocycles. The summed E-state index contributed by atoms with van der Waals surface area (Å²) in [5, 5.41) is 0. The minimum Gasteiger partial charge on any atom is -0.329 e. The number of likely N-dealkylation sites (N-methyl/N-ethyl adjacent to an activating group) is 1. The second kappa shape index (κ2) is 4.39. The van der Waals surface area contributed by atoms with E-state index in [-0.39, 0.29) is 0 Å². The van der Waals surface area contributed by atoms with Gasteiger partial charge in [0.15, 0.2) is 0 Å². The van der Waals surface area contributed by atoms with Gasteiger partial charge in [-0.2, -0.15) is 0 Å². The second-order valence-electron chi connectivity index (χ2n) is 3.13. The Morgan fingerprint density at radius 1 is 1.50 bits per heavy atom. The molecule has 3 nitrogen and oxygen atoms in total. The molecule has 1 atom stereocenters. The molecule has 0 amide bonds. The van der Waals surface area contributed by atoms with E-state index in [1.165, 1.54) is 0 Å². The minimum atomic E-state index is -2.02. The van der Waals surface area contributed by atoms with Crippen molar-refractivity contribution in [2.45, 2.75) is 0 Å². The van der Waals surface area contributed by atoms with Crippen LogP contribution in [0.1, 0.15) is 0 Å². The Labute approximate surface area is 68.0 Å². The van der Waals surface area contributed by atoms with Crippen molar-refractivity contribution in [3.05, 3.63) is 0 Å². The average molecular weight is 184 g/mol. The third-order valence-corrected chi connectivity index (χ3v) is 1.83. The van der Waals surface area contributed by atoms with E-state index in [1.54, 1.807) is 0 Å². The average Bonchev–Trinajstić information content (AvgIpc) is 1.59. The van der Waals surface area contributed by atoms with E-state index in [1.807, 2.05) is 0 Å². The molecule has 0 saturated heterocycles. The highest BCUT2D eigenvalue weighted by atomic mass is 32.7. The first-order valence-electron chi connectivity index (χ1n) is 3.08. The topological polar surface area (TPSA) is 26.3 Å². The van der Waals surface area contributed by atoms with Gasteiger partial charge in [-0.3, -0.25) is 4.57 Å². The van der Waals surface area contributed by atoms with Crippen LogP contribution in [0.5, 0.6) is 0 Å². The van der Waals surface area contributed by atoms with Gasteiger partial charge in [0.05, 0.1) is 21.1 Å². The highest BCUT2D eigenvalue weighted by Crippen LogP contribution is 2.26. The van der Waals surface area contributed by atoms with Crippen molar-refractivity contribution in [3.63, 3.8) is 0 Å². The maximum absolute atomic E-state index is 10.3. The lowest BCUT2D eigenvalue weighted by molar-refractivity contribution is -0.870. The molecule has 0 aliphatic rings. The van der Waals surface area contributed by atoms with Crippen LogP contribution in [0, 0.1) is 0 Å². The van der Waals surface area contributed by atoms with Crippen molar-refractivity contribution in [3.8, 4) is 0 Å². The van der Waals surface area contributed by atoms with Crippen LogP contribution >= 0.6 is 19.5 Å². The number of hydrogen-bond acceptors (Lipinski definition) is 2. The Kier molecular flexibility index (Phi) is 4.61. The first-order valence-corrected chi connectivity index (χ1v) is 5.68. The molecule has 0 aromatic carbocycles. The molecule has 0 N–H and O–H groups in total. The number of quaternary nitrogens is 1. The van der Waals surface area contributed by atoms with Gasteiger partial charge in [-0.15, -0.1) is 0 Å². The maximum atomic E-state index is 10.3. The second-order valence-corrected chi connectivity index (χ2v) is 5.04. The third-order valence-electron chi connectivity index (χ3n) is 0.988. The number of nitrogens with zero attached hydrogens (tertiary/aromatic N) is 1. The molecule has 1 unspecified atom stereocenters. The number of rotatable bonds is 4. The zero-order valence-electron chi connectivity index (χ0n) is 6.63. The summed E-state index contributed by atoms with van der Waals surface area (Å²) in [5.74, 6) is 0. The summed E-state index contributed by atoms with van der Waals surface area (Å²) in [6.07, 6.45) is 0. The fourth-order valence-corrected chi connectivity index (χ4v) is 0.947. The predicted octanol–water partition coefficient (Wildman–Crippen LogP) is 1.03. The molecule has 0 heterocycles. The molecule has 0 radical (unpaired) electrons. The summed E-state index contributed by atoms with van der Waals surface area (Å²) in [6.45, 7) is 1.38. The lowest BCUT2D eigenvalue weighted by Gasteiger charge is -2.22. The quantitative estimate of drug-likeness (QED) is 0.401. The van der Waals surface area contributed by atoms with Gasteiger partial charge in [0, 0.05) is 0 Å². The Balaban J connectivity index is 3.29. The van der Waals surface area contributed by atoms with Crippen molar-refractivity contribution in [1.29, 1.82) is 0 Å². The van der Waals surface area contributed by atoms with Gasteiger partial charge in [0.25, 0.3) is 0 Å². The van der Waals surface area contributed by atoms with Crippen LogP contribution in [0.3, 0.4) is 0 Å². The van der Waals surface area contributed by atoms with Gasteiger partial charge >= 0.3 is 0 Å². The molecule has 0 aromatic heterocycles. The zero-order chi connectivity index (χ0) is 8.20. The van der Waals surface area contributed by atoms with Crippen molar-refractivity contribution >= 4 is 19.5 Å². The standard InChI is InChI=1S/C5H14NO2PS/c1-6(2,3)4-5-8-9(7)10/h9H,4-5H2,1-3H3/p+1. The van der Waals surface area contributed by atoms with Crippen molar-refractivity contribution in [2.75, 3.05) is 34.3 Å². The first kappa shape index (κ1) is 10.5. The largest absolute Gasteiger partial charge is 0.329 e. The molecule has 0 saturated carbocycles. The minimum absolute atomic E-state index is 0.519. The number of hydrogen-bond donors (Lipinski definition) is 1. The van der Waals surface area contributed by atoms with Crippen molar-refractivity contribution in [2.24, 2.45) is 0 Å². The van der Waals surface area contributed by atoms with Crippen LogP contribution < -0.4 is 0 Å². The van der Waals surface area contributed by atoms with E-state index in [0.717, 1.165) is 11.0 Å². The summed E-state index contributed by atoms with van der Waals surface area (Å²) < 4.78 is 16.0. The van der Waals surface area contributed by atoms with E-state index in [4.69, 9.17) is 4.52 Å². The highest BCUT2D eigenvalue weighted by Gasteiger charge is 2.05. The lowest BCUT2D eigenvalue weighted by atomic mass is 10.5. The van der Waals surface area contributed by atoms with E-state index < -0.39 is 7.23 Å². The monoisotopic (exact) mass is 184 g/mol. The highest BCUT2D eigenvalue weighted by molar-refractivity contribution is 8.39. The van der Waals surface area contributed by atoms with Gasteiger partial charge in [-0.05, 0) is 0 Å². The van der Waals surface area contributed by atoms with Crippen LogP contribution in [0.25, 0.3) is 0 Å². The van der Waals surface area contributed by atoms with E-state index in [9.17, 15) is 4.57 Å². The van der Waals surface area contributed by atoms with Gasteiger partial charge in [-0.25, -0.2) is 0 Å². The molecule has 10 heavy (non-hydrogen) atoms. The van der Waals surface area contributed by atoms with Gasteiger partial charge in [0.1, 0.15) is 13.2 Å². The Morgan fingerprint density at radius 2 is 2.00 bits per heavy atom. The summed E-state index contributed by atoms with van der Waals surface area (Å²) in [7, 11) is 4.14. The van der Waals surface area contributed by atoms with Crippen LogP contribution in [0.15, 0.2) is 0 Å². The molecule has 0 rings (SSSR count). The van der Waals surface area contributed by atoms with Crippen LogP contribution in [-0.2, 0) is 9.09 Å². The fraction of sp³-hybridized carbons (Fsp3) is 1.00. The maximum Gasteiger partial charge on any atom is 0.243 e. The molecule has 0 fully saturated rings. The molecule has 62 valence electrons. The Bertz CT molecular complexity index is 123. The lowest BCUT2D eigenvalue weighted by Crippen LogP contribution is -2.37. The smallest absolute Gasteiger partial charge is 0.243 e. The number of thiol groups is 1. The van der Waals surface area contributed by atoms with Crippen LogP contribution in [0.2, 0.25) is 0 Å². The first-order chi connectivity index (χ1) is 4.42. The van der Waals surface area contributed by atoms with Gasteiger partial charge < -0.3 is 9.01 Å². The Hall–Kier alpha value is 0.500. The summed E-state index contributed by atoms with van der Waals surface area (Å²) >= 11 is 3.64.